The van der Waals surface area contributed by atoms with E-state index in [0.29, 0.717) is 18.5 Å². The zero-order chi connectivity index (χ0) is 15.2. The first-order valence-electron chi connectivity index (χ1n) is 6.38. The smallest absolute Gasteiger partial charge is 0.224 e. The molecule has 0 unspecified atom stereocenters. The van der Waals surface area contributed by atoms with Gasteiger partial charge in [-0.05, 0) is 24.6 Å². The van der Waals surface area contributed by atoms with E-state index in [1.165, 1.54) is 36.3 Å². The molecule has 6 nitrogen and oxygen atoms in total. The second-order valence-corrected chi connectivity index (χ2v) is 5.47. The van der Waals surface area contributed by atoms with Crippen LogP contribution in [0.4, 0.5) is 15.8 Å². The summed E-state index contributed by atoms with van der Waals surface area (Å²) >= 11 is 1.52. The van der Waals surface area contributed by atoms with Crippen LogP contribution in [0.15, 0.2) is 29.7 Å². The van der Waals surface area contributed by atoms with Gasteiger partial charge in [-0.1, -0.05) is 11.8 Å². The van der Waals surface area contributed by atoms with Crippen LogP contribution in [0.3, 0.4) is 0 Å². The van der Waals surface area contributed by atoms with Gasteiger partial charge in [0.2, 0.25) is 5.91 Å². The molecular weight excluding hydrogens is 293 g/mol. The molecule has 0 aliphatic carbocycles. The lowest BCUT2D eigenvalue weighted by atomic mass is 10.2. The van der Waals surface area contributed by atoms with Gasteiger partial charge in [0.05, 0.1) is 5.69 Å². The van der Waals surface area contributed by atoms with E-state index < -0.39 is 5.82 Å². The van der Waals surface area contributed by atoms with Crippen molar-refractivity contribution in [3.63, 3.8) is 0 Å². The largest absolute Gasteiger partial charge is 0.399 e. The standard InChI is InChI=1S/C13H16FN5OS/c1-19-13(16-8-17-19)21-6-2-3-12(20)18-11-7-9(15)4-5-10(11)14/h4-5,7-8H,2-3,6,15H2,1H3,(H,18,20). The molecule has 0 fully saturated rings. The second kappa shape index (κ2) is 7.07. The molecule has 8 heteroatoms. The number of nitrogens with two attached hydrogens (primary N) is 1. The highest BCUT2D eigenvalue weighted by atomic mass is 32.2. The molecule has 1 heterocycles. The number of benzene rings is 1. The Balaban J connectivity index is 1.75. The maximum atomic E-state index is 13.5. The van der Waals surface area contributed by atoms with Crippen LogP contribution in [0.1, 0.15) is 12.8 Å². The second-order valence-electron chi connectivity index (χ2n) is 4.41. The van der Waals surface area contributed by atoms with Crippen LogP contribution in [-0.4, -0.2) is 26.4 Å². The third kappa shape index (κ3) is 4.45. The van der Waals surface area contributed by atoms with Crippen LogP contribution >= 0.6 is 11.8 Å². The van der Waals surface area contributed by atoms with Gasteiger partial charge in [-0.15, -0.1) is 0 Å². The van der Waals surface area contributed by atoms with Crippen molar-refractivity contribution in [2.45, 2.75) is 18.0 Å². The zero-order valence-corrected chi connectivity index (χ0v) is 12.4. The number of nitrogen functional groups attached to an aromatic ring is 1. The summed E-state index contributed by atoms with van der Waals surface area (Å²) in [4.78, 5) is 15.8. The predicted molar refractivity (Wildman–Crippen MR) is 80.4 cm³/mol. The Kier molecular flexibility index (Phi) is 5.15. The van der Waals surface area contributed by atoms with E-state index >= 15 is 0 Å². The van der Waals surface area contributed by atoms with Gasteiger partial charge in [-0.3, -0.25) is 4.79 Å². The average molecular weight is 309 g/mol. The third-order valence-corrected chi connectivity index (χ3v) is 3.83. The van der Waals surface area contributed by atoms with Gasteiger partial charge in [0.25, 0.3) is 0 Å². The van der Waals surface area contributed by atoms with Crippen LogP contribution < -0.4 is 11.1 Å². The molecule has 0 bridgehead atoms. The van der Waals surface area contributed by atoms with Crippen molar-refractivity contribution in [2.75, 3.05) is 16.8 Å². The fraction of sp³-hybridized carbons (Fsp3) is 0.308. The molecule has 0 radical (unpaired) electrons. The van der Waals surface area contributed by atoms with Gasteiger partial charge < -0.3 is 11.1 Å². The van der Waals surface area contributed by atoms with Crippen molar-refractivity contribution in [2.24, 2.45) is 7.05 Å². The van der Waals surface area contributed by atoms with E-state index in [0.717, 1.165) is 10.9 Å². The number of hydrogen-bond acceptors (Lipinski definition) is 5. The molecule has 0 atom stereocenters. The van der Waals surface area contributed by atoms with Crippen molar-refractivity contribution in [3.8, 4) is 0 Å². The number of aryl methyl sites for hydroxylation is 1. The molecule has 0 aliphatic rings. The van der Waals surface area contributed by atoms with Crippen molar-refractivity contribution < 1.29 is 9.18 Å². The minimum absolute atomic E-state index is 0.112. The van der Waals surface area contributed by atoms with E-state index in [9.17, 15) is 9.18 Å². The van der Waals surface area contributed by atoms with Crippen molar-refractivity contribution >= 4 is 29.0 Å². The molecule has 0 spiro atoms. The highest BCUT2D eigenvalue weighted by Crippen LogP contribution is 2.18. The number of anilines is 2. The highest BCUT2D eigenvalue weighted by Gasteiger charge is 2.08. The Morgan fingerprint density at radius 2 is 2.33 bits per heavy atom. The molecule has 112 valence electrons. The molecule has 21 heavy (non-hydrogen) atoms. The van der Waals surface area contributed by atoms with Crippen LogP contribution in [0, 0.1) is 5.82 Å². The van der Waals surface area contributed by atoms with Gasteiger partial charge in [0.15, 0.2) is 5.16 Å². The summed E-state index contributed by atoms with van der Waals surface area (Å²) in [6.07, 6.45) is 2.45. The number of hydrogen-bond donors (Lipinski definition) is 2. The number of nitrogens with one attached hydrogen (secondary N) is 1. The van der Waals surface area contributed by atoms with Crippen molar-refractivity contribution in [1.29, 1.82) is 0 Å². The summed E-state index contributed by atoms with van der Waals surface area (Å²) in [7, 11) is 1.81. The SMILES string of the molecule is Cn1ncnc1SCCCC(=O)Nc1cc(N)ccc1F. The molecule has 3 N–H and O–H groups in total. The Morgan fingerprint density at radius 1 is 1.52 bits per heavy atom. The maximum absolute atomic E-state index is 13.5. The first-order chi connectivity index (χ1) is 10.1. The van der Waals surface area contributed by atoms with Gasteiger partial charge >= 0.3 is 0 Å². The number of carbonyl (C=O) groups is 1. The summed E-state index contributed by atoms with van der Waals surface area (Å²) in [6, 6.07) is 4.08. The van der Waals surface area contributed by atoms with E-state index in [1.807, 2.05) is 7.05 Å². The number of halogens is 1. The zero-order valence-electron chi connectivity index (χ0n) is 11.5. The molecular formula is C13H16FN5OS. The van der Waals surface area contributed by atoms with Gasteiger partial charge in [-0.25, -0.2) is 14.1 Å². The first kappa shape index (κ1) is 15.3. The number of rotatable bonds is 6. The first-order valence-corrected chi connectivity index (χ1v) is 7.36. The highest BCUT2D eigenvalue weighted by molar-refractivity contribution is 7.99. The van der Waals surface area contributed by atoms with E-state index in [2.05, 4.69) is 15.4 Å². The maximum Gasteiger partial charge on any atom is 0.224 e. The number of carbonyl (C=O) groups excluding carboxylic acids is 1. The molecule has 0 saturated carbocycles. The molecule has 1 amide bonds. The normalized spacial score (nSPS) is 10.6. The quantitative estimate of drug-likeness (QED) is 0.484. The molecule has 0 aliphatic heterocycles. The summed E-state index contributed by atoms with van der Waals surface area (Å²) in [5.74, 6) is 0.00314. The summed E-state index contributed by atoms with van der Waals surface area (Å²) in [5.41, 5.74) is 6.08. The van der Waals surface area contributed by atoms with E-state index in [-0.39, 0.29) is 11.6 Å². The lowest BCUT2D eigenvalue weighted by molar-refractivity contribution is -0.116. The van der Waals surface area contributed by atoms with Gasteiger partial charge in [0, 0.05) is 24.9 Å². The lowest BCUT2D eigenvalue weighted by Gasteiger charge is -2.07. The molecule has 2 aromatic rings. The summed E-state index contributed by atoms with van der Waals surface area (Å²) in [5, 5.41) is 7.28. The fourth-order valence-corrected chi connectivity index (χ4v) is 2.49. The van der Waals surface area contributed by atoms with Crippen molar-refractivity contribution in [3.05, 3.63) is 30.3 Å². The lowest BCUT2D eigenvalue weighted by Crippen LogP contribution is -2.13. The molecule has 1 aromatic heterocycles. The topological polar surface area (TPSA) is 85.8 Å². The number of thioether (sulfide) groups is 1. The van der Waals surface area contributed by atoms with Gasteiger partial charge in [0.1, 0.15) is 12.1 Å². The minimum Gasteiger partial charge on any atom is -0.399 e. The summed E-state index contributed by atoms with van der Waals surface area (Å²) < 4.78 is 15.1. The molecule has 2 rings (SSSR count). The van der Waals surface area contributed by atoms with Crippen LogP contribution in [-0.2, 0) is 11.8 Å². The van der Waals surface area contributed by atoms with Crippen LogP contribution in [0.2, 0.25) is 0 Å². The van der Waals surface area contributed by atoms with E-state index in [4.69, 9.17) is 5.73 Å². The van der Waals surface area contributed by atoms with Crippen LogP contribution in [0.25, 0.3) is 0 Å². The number of nitrogens with zero attached hydrogens (tertiary/aromatic N) is 3. The molecule has 1 aromatic carbocycles. The Labute approximate surface area is 125 Å². The van der Waals surface area contributed by atoms with Crippen molar-refractivity contribution in [1.82, 2.24) is 14.8 Å². The summed E-state index contributed by atoms with van der Waals surface area (Å²) in [6.45, 7) is 0. The Morgan fingerprint density at radius 3 is 3.05 bits per heavy atom. The minimum atomic E-state index is -0.494. The van der Waals surface area contributed by atoms with Crippen LogP contribution in [0.5, 0.6) is 0 Å². The third-order valence-electron chi connectivity index (χ3n) is 2.71. The fourth-order valence-electron chi connectivity index (χ4n) is 1.66. The molecule has 0 saturated heterocycles. The number of amides is 1. The van der Waals surface area contributed by atoms with E-state index in [1.54, 1.807) is 4.68 Å². The van der Waals surface area contributed by atoms with Gasteiger partial charge in [-0.2, -0.15) is 5.10 Å². The predicted octanol–water partition coefficient (Wildman–Crippen LogP) is 2.05. The number of aromatic nitrogens is 3. The Bertz CT molecular complexity index is 631. The Hall–Kier alpha value is -2.09. The average Bonchev–Trinajstić information content (AvgIpc) is 2.84. The monoisotopic (exact) mass is 309 g/mol.